The molecule has 3 aromatic carbocycles. The minimum atomic E-state index is -3.89. The van der Waals surface area contributed by atoms with Crippen LogP contribution in [0.1, 0.15) is 22.3 Å². The predicted molar refractivity (Wildman–Crippen MR) is 135 cm³/mol. The number of aromatic nitrogens is 2. The van der Waals surface area contributed by atoms with E-state index in [1.807, 2.05) is 59.2 Å². The van der Waals surface area contributed by atoms with Crippen molar-refractivity contribution in [1.82, 2.24) is 19.2 Å². The van der Waals surface area contributed by atoms with E-state index in [9.17, 15) is 13.2 Å². The summed E-state index contributed by atoms with van der Waals surface area (Å²) in [4.78, 5) is 17.1. The van der Waals surface area contributed by atoms with Gasteiger partial charge in [0.05, 0.1) is 24.5 Å². The minimum Gasteiger partial charge on any atom is -0.495 e. The van der Waals surface area contributed by atoms with E-state index >= 15 is 0 Å². The Bertz CT molecular complexity index is 1420. The number of methoxy groups -OCH3 is 1. The maximum atomic E-state index is 13.3. The van der Waals surface area contributed by atoms with Crippen LogP contribution in [-0.2, 0) is 23.1 Å². The van der Waals surface area contributed by atoms with Gasteiger partial charge in [-0.05, 0) is 42.3 Å². The van der Waals surface area contributed by atoms with E-state index in [0.29, 0.717) is 19.5 Å². The number of nitrogens with one attached hydrogen (secondary N) is 1. The second kappa shape index (κ2) is 10.7. The Morgan fingerprint density at radius 3 is 2.57 bits per heavy atom. The van der Waals surface area contributed by atoms with Crippen LogP contribution in [0.25, 0.3) is 11.0 Å². The van der Waals surface area contributed by atoms with Gasteiger partial charge in [-0.3, -0.25) is 4.79 Å². The second-order valence-corrected chi connectivity index (χ2v) is 10.2. The summed E-state index contributed by atoms with van der Waals surface area (Å²) in [7, 11) is -0.977. The summed E-state index contributed by atoms with van der Waals surface area (Å²) in [5.74, 6) is -0.154. The van der Waals surface area contributed by atoms with Gasteiger partial charge in [-0.15, -0.1) is 0 Å². The lowest BCUT2D eigenvalue weighted by atomic mass is 10.2. The number of fused-ring (bicyclic) bond motifs is 1. The molecular weight excluding hydrogens is 464 g/mol. The number of sulfonamides is 1. The van der Waals surface area contributed by atoms with E-state index < -0.39 is 10.0 Å². The smallest absolute Gasteiger partial charge is 0.251 e. The van der Waals surface area contributed by atoms with E-state index in [2.05, 4.69) is 10.3 Å². The van der Waals surface area contributed by atoms with Crippen molar-refractivity contribution in [2.75, 3.05) is 20.7 Å². The number of carbonyl (C=O) groups excluding carboxylic acids is 1. The molecule has 1 N–H and O–H groups in total. The maximum absolute atomic E-state index is 13.3. The summed E-state index contributed by atoms with van der Waals surface area (Å²) in [6.07, 6.45) is 2.49. The summed E-state index contributed by atoms with van der Waals surface area (Å²) in [5, 5.41) is 2.87. The molecule has 0 spiro atoms. The third-order valence-electron chi connectivity index (χ3n) is 5.75. The van der Waals surface area contributed by atoms with Gasteiger partial charge in [0.1, 0.15) is 10.6 Å². The first-order valence-electron chi connectivity index (χ1n) is 11.3. The molecule has 0 fully saturated rings. The van der Waals surface area contributed by atoms with Crippen LogP contribution in [-0.4, -0.2) is 48.9 Å². The summed E-state index contributed by atoms with van der Waals surface area (Å²) >= 11 is 0. The van der Waals surface area contributed by atoms with E-state index in [1.54, 1.807) is 12.4 Å². The van der Waals surface area contributed by atoms with Crippen molar-refractivity contribution in [1.29, 1.82) is 0 Å². The largest absolute Gasteiger partial charge is 0.495 e. The topological polar surface area (TPSA) is 93.5 Å². The number of aryl methyl sites for hydroxylation is 1. The Balaban J connectivity index is 1.42. The molecule has 0 aliphatic carbocycles. The zero-order valence-electron chi connectivity index (χ0n) is 19.7. The highest BCUT2D eigenvalue weighted by molar-refractivity contribution is 7.89. The molecule has 0 saturated heterocycles. The van der Waals surface area contributed by atoms with Crippen LogP contribution < -0.4 is 10.1 Å². The lowest BCUT2D eigenvalue weighted by Crippen LogP contribution is -2.28. The van der Waals surface area contributed by atoms with Gasteiger partial charge in [-0.25, -0.2) is 13.4 Å². The molecule has 0 unspecified atom stereocenters. The molecule has 4 aromatic rings. The van der Waals surface area contributed by atoms with Crippen LogP contribution in [0.15, 0.2) is 84.0 Å². The first-order chi connectivity index (χ1) is 16.9. The van der Waals surface area contributed by atoms with Crippen molar-refractivity contribution < 1.29 is 17.9 Å². The Labute approximate surface area is 205 Å². The average Bonchev–Trinajstić information content (AvgIpc) is 3.29. The third-order valence-corrected chi connectivity index (χ3v) is 7.58. The number of nitrogens with zero attached hydrogens (tertiary/aromatic N) is 3. The zero-order chi connectivity index (χ0) is 24.8. The van der Waals surface area contributed by atoms with Gasteiger partial charge in [0.25, 0.3) is 5.91 Å². The number of imidazole rings is 1. The zero-order valence-corrected chi connectivity index (χ0v) is 20.5. The van der Waals surface area contributed by atoms with Crippen LogP contribution in [0.4, 0.5) is 0 Å². The number of hydrogen-bond acceptors (Lipinski definition) is 5. The van der Waals surface area contributed by atoms with Crippen molar-refractivity contribution >= 4 is 27.0 Å². The number of rotatable bonds is 10. The van der Waals surface area contributed by atoms with Gasteiger partial charge in [0.15, 0.2) is 0 Å². The quantitative estimate of drug-likeness (QED) is 0.341. The first-order valence-corrected chi connectivity index (χ1v) is 12.7. The fraction of sp³-hybridized carbons (Fsp3) is 0.231. The van der Waals surface area contributed by atoms with E-state index in [-0.39, 0.29) is 28.7 Å². The van der Waals surface area contributed by atoms with Crippen molar-refractivity contribution in [2.24, 2.45) is 0 Å². The Morgan fingerprint density at radius 2 is 1.80 bits per heavy atom. The molecule has 0 bridgehead atoms. The molecule has 4 rings (SSSR count). The predicted octanol–water partition coefficient (Wildman–Crippen LogP) is 3.69. The Morgan fingerprint density at radius 1 is 1.06 bits per heavy atom. The average molecular weight is 493 g/mol. The molecule has 0 aliphatic heterocycles. The molecule has 1 amide bonds. The van der Waals surface area contributed by atoms with Crippen LogP contribution in [0.2, 0.25) is 0 Å². The summed E-state index contributed by atoms with van der Waals surface area (Å²) in [6, 6.07) is 21.6. The van der Waals surface area contributed by atoms with Crippen molar-refractivity contribution in [3.63, 3.8) is 0 Å². The molecule has 1 aromatic heterocycles. The fourth-order valence-electron chi connectivity index (χ4n) is 3.85. The van der Waals surface area contributed by atoms with Crippen LogP contribution >= 0.6 is 0 Å². The maximum Gasteiger partial charge on any atom is 0.251 e. The summed E-state index contributed by atoms with van der Waals surface area (Å²) in [6.45, 7) is 1.34. The standard InChI is InChI=1S/C26H28N4O4S/c1-29(18-20-9-4-3-5-10-20)35(32,33)25-17-21(13-14-24(25)34-2)26(31)27-15-8-16-30-19-28-22-11-6-7-12-23(22)30/h3-7,9-14,17,19H,8,15-16,18H2,1-2H3,(H,27,31). The Hall–Kier alpha value is -3.69. The van der Waals surface area contributed by atoms with Gasteiger partial charge in [-0.1, -0.05) is 42.5 Å². The highest BCUT2D eigenvalue weighted by Crippen LogP contribution is 2.28. The highest BCUT2D eigenvalue weighted by atomic mass is 32.2. The van der Waals surface area contributed by atoms with Crippen LogP contribution in [0.5, 0.6) is 5.75 Å². The SMILES string of the molecule is COc1ccc(C(=O)NCCCn2cnc3ccccc32)cc1S(=O)(=O)N(C)Cc1ccccc1. The summed E-state index contributed by atoms with van der Waals surface area (Å²) < 4.78 is 35.2. The van der Waals surface area contributed by atoms with Gasteiger partial charge in [-0.2, -0.15) is 4.31 Å². The van der Waals surface area contributed by atoms with Gasteiger partial charge in [0, 0.05) is 32.2 Å². The highest BCUT2D eigenvalue weighted by Gasteiger charge is 2.26. The normalized spacial score (nSPS) is 11.6. The number of carbonyl (C=O) groups is 1. The van der Waals surface area contributed by atoms with Crippen LogP contribution in [0, 0.1) is 0 Å². The molecular formula is C26H28N4O4S. The monoisotopic (exact) mass is 492 g/mol. The van der Waals surface area contributed by atoms with Gasteiger partial charge in [0.2, 0.25) is 10.0 Å². The third kappa shape index (κ3) is 5.52. The van der Waals surface area contributed by atoms with Crippen molar-refractivity contribution in [2.45, 2.75) is 24.4 Å². The molecule has 0 radical (unpaired) electrons. The molecule has 1 heterocycles. The minimum absolute atomic E-state index is 0.0454. The number of amides is 1. The lowest BCUT2D eigenvalue weighted by molar-refractivity contribution is 0.0952. The molecule has 0 saturated carbocycles. The summed E-state index contributed by atoms with van der Waals surface area (Å²) in [5.41, 5.74) is 3.09. The molecule has 9 heteroatoms. The number of para-hydroxylation sites is 2. The van der Waals surface area contributed by atoms with Crippen molar-refractivity contribution in [3.05, 3.63) is 90.3 Å². The van der Waals surface area contributed by atoms with E-state index in [4.69, 9.17) is 4.74 Å². The van der Waals surface area contributed by atoms with E-state index in [1.165, 1.54) is 30.6 Å². The first kappa shape index (κ1) is 24.4. The fourth-order valence-corrected chi connectivity index (χ4v) is 5.19. The number of ether oxygens (including phenoxy) is 1. The van der Waals surface area contributed by atoms with E-state index in [0.717, 1.165) is 16.6 Å². The van der Waals surface area contributed by atoms with Crippen molar-refractivity contribution in [3.8, 4) is 5.75 Å². The second-order valence-electron chi connectivity index (χ2n) is 8.15. The molecule has 0 atom stereocenters. The molecule has 0 aliphatic rings. The number of hydrogen-bond donors (Lipinski definition) is 1. The molecule has 182 valence electrons. The number of benzene rings is 3. The molecule has 8 nitrogen and oxygen atoms in total. The van der Waals surface area contributed by atoms with Gasteiger partial charge < -0.3 is 14.6 Å². The van der Waals surface area contributed by atoms with Gasteiger partial charge >= 0.3 is 0 Å². The molecule has 35 heavy (non-hydrogen) atoms. The lowest BCUT2D eigenvalue weighted by Gasteiger charge is -2.19. The Kier molecular flexibility index (Phi) is 7.48. The van der Waals surface area contributed by atoms with Crippen LogP contribution in [0.3, 0.4) is 0 Å².